The molecule has 3 aromatic rings. The predicted octanol–water partition coefficient (Wildman–Crippen LogP) is 4.33. The number of carbonyl (C=O) groups is 1. The Morgan fingerprint density at radius 3 is 2.31 bits per heavy atom. The first-order valence-corrected chi connectivity index (χ1v) is 10.0. The van der Waals surface area contributed by atoms with Crippen molar-refractivity contribution in [2.45, 2.75) is 13.3 Å². The summed E-state index contributed by atoms with van der Waals surface area (Å²) in [5.74, 6) is 0. The Labute approximate surface area is 172 Å². The topological polar surface area (TPSA) is 48.5 Å². The van der Waals surface area contributed by atoms with Crippen LogP contribution < -0.4 is 10.2 Å². The quantitative estimate of drug-likeness (QED) is 0.726. The van der Waals surface area contributed by atoms with Crippen LogP contribution in [0.5, 0.6) is 0 Å². The summed E-state index contributed by atoms with van der Waals surface area (Å²) in [6.45, 7) is 5.25. The Morgan fingerprint density at radius 2 is 1.62 bits per heavy atom. The highest BCUT2D eigenvalue weighted by molar-refractivity contribution is 5.89. The van der Waals surface area contributed by atoms with Gasteiger partial charge in [0.1, 0.15) is 0 Å². The van der Waals surface area contributed by atoms with Crippen molar-refractivity contribution in [2.24, 2.45) is 0 Å². The monoisotopic (exact) mass is 386 g/mol. The summed E-state index contributed by atoms with van der Waals surface area (Å²) in [4.78, 5) is 20.9. The molecule has 1 saturated heterocycles. The number of pyridine rings is 1. The molecule has 0 saturated carbocycles. The number of aromatic nitrogens is 1. The van der Waals surface area contributed by atoms with Crippen LogP contribution in [-0.2, 0) is 6.42 Å². The van der Waals surface area contributed by atoms with Crippen LogP contribution in [0.1, 0.15) is 16.7 Å². The molecular weight excluding hydrogens is 360 g/mol. The van der Waals surface area contributed by atoms with Crippen molar-refractivity contribution in [1.29, 1.82) is 0 Å². The number of piperazine rings is 1. The van der Waals surface area contributed by atoms with E-state index in [-0.39, 0.29) is 6.03 Å². The van der Waals surface area contributed by atoms with E-state index in [1.54, 1.807) is 0 Å². The van der Waals surface area contributed by atoms with E-state index >= 15 is 0 Å². The lowest BCUT2D eigenvalue weighted by Crippen LogP contribution is -2.50. The van der Waals surface area contributed by atoms with Crippen molar-refractivity contribution in [3.63, 3.8) is 0 Å². The molecule has 0 spiro atoms. The second kappa shape index (κ2) is 8.78. The second-order valence-corrected chi connectivity index (χ2v) is 7.47. The molecule has 2 aromatic carbocycles. The Morgan fingerprint density at radius 1 is 0.931 bits per heavy atom. The zero-order valence-electron chi connectivity index (χ0n) is 16.7. The zero-order valence-corrected chi connectivity index (χ0v) is 16.7. The average molecular weight is 386 g/mol. The smallest absolute Gasteiger partial charge is 0.321 e. The van der Waals surface area contributed by atoms with E-state index in [1.807, 2.05) is 41.6 Å². The standard InChI is InChI=1S/C24H26N4O/c1-19-3-2-4-23(17-19)27-13-15-28(16-14-27)24(29)26-22-7-5-20(6-8-22)18-21-9-11-25-12-10-21/h2-12,17H,13-16,18H2,1H3,(H,26,29). The van der Waals surface area contributed by atoms with Crippen molar-refractivity contribution in [1.82, 2.24) is 9.88 Å². The highest BCUT2D eigenvalue weighted by Crippen LogP contribution is 2.19. The number of carbonyl (C=O) groups excluding carboxylic acids is 1. The Balaban J connectivity index is 1.29. The molecule has 1 aliphatic rings. The second-order valence-electron chi connectivity index (χ2n) is 7.47. The normalized spacial score (nSPS) is 14.0. The molecule has 29 heavy (non-hydrogen) atoms. The first-order valence-electron chi connectivity index (χ1n) is 10.0. The molecule has 2 heterocycles. The largest absolute Gasteiger partial charge is 0.368 e. The Kier molecular flexibility index (Phi) is 5.75. The first kappa shape index (κ1) is 19.0. The van der Waals surface area contributed by atoms with Gasteiger partial charge in [-0.3, -0.25) is 4.98 Å². The summed E-state index contributed by atoms with van der Waals surface area (Å²) < 4.78 is 0. The van der Waals surface area contributed by atoms with E-state index in [1.165, 1.54) is 22.4 Å². The number of rotatable bonds is 4. The summed E-state index contributed by atoms with van der Waals surface area (Å²) in [5.41, 5.74) is 5.75. The maximum atomic E-state index is 12.6. The van der Waals surface area contributed by atoms with Gasteiger partial charge in [-0.25, -0.2) is 4.79 Å². The summed E-state index contributed by atoms with van der Waals surface area (Å²) in [6, 6.07) is 20.6. The fourth-order valence-electron chi connectivity index (χ4n) is 3.64. The number of amides is 2. The molecule has 4 rings (SSSR count). The van der Waals surface area contributed by atoms with Gasteiger partial charge in [-0.2, -0.15) is 0 Å². The lowest BCUT2D eigenvalue weighted by molar-refractivity contribution is 0.208. The zero-order chi connectivity index (χ0) is 20.1. The van der Waals surface area contributed by atoms with Gasteiger partial charge >= 0.3 is 6.03 Å². The van der Waals surface area contributed by atoms with Crippen molar-refractivity contribution in [2.75, 3.05) is 36.4 Å². The molecule has 148 valence electrons. The van der Waals surface area contributed by atoms with Gasteiger partial charge in [-0.15, -0.1) is 0 Å². The lowest BCUT2D eigenvalue weighted by Gasteiger charge is -2.36. The SMILES string of the molecule is Cc1cccc(N2CCN(C(=O)Nc3ccc(Cc4ccncc4)cc3)CC2)c1. The third kappa shape index (κ3) is 4.93. The summed E-state index contributed by atoms with van der Waals surface area (Å²) >= 11 is 0. The van der Waals surface area contributed by atoms with Gasteiger partial charge in [0, 0.05) is 49.9 Å². The van der Waals surface area contributed by atoms with Gasteiger partial charge in [-0.1, -0.05) is 24.3 Å². The Hall–Kier alpha value is -3.34. The predicted molar refractivity (Wildman–Crippen MR) is 117 cm³/mol. The summed E-state index contributed by atoms with van der Waals surface area (Å²) in [7, 11) is 0. The fourth-order valence-corrected chi connectivity index (χ4v) is 3.64. The van der Waals surface area contributed by atoms with Gasteiger partial charge in [-0.05, 0) is 66.4 Å². The molecule has 0 unspecified atom stereocenters. The number of urea groups is 1. The van der Waals surface area contributed by atoms with Crippen LogP contribution in [0.15, 0.2) is 73.1 Å². The first-order chi connectivity index (χ1) is 14.2. The van der Waals surface area contributed by atoms with E-state index in [9.17, 15) is 4.79 Å². The van der Waals surface area contributed by atoms with Crippen molar-refractivity contribution in [3.8, 4) is 0 Å². The minimum absolute atomic E-state index is 0.0317. The van der Waals surface area contributed by atoms with E-state index in [0.29, 0.717) is 0 Å². The van der Waals surface area contributed by atoms with E-state index in [0.717, 1.165) is 38.3 Å². The maximum absolute atomic E-state index is 12.6. The average Bonchev–Trinajstić information content (AvgIpc) is 2.76. The van der Waals surface area contributed by atoms with Gasteiger partial charge in [0.25, 0.3) is 0 Å². The highest BCUT2D eigenvalue weighted by Gasteiger charge is 2.21. The van der Waals surface area contributed by atoms with Gasteiger partial charge in [0.05, 0.1) is 0 Å². The molecule has 1 fully saturated rings. The number of benzene rings is 2. The third-order valence-electron chi connectivity index (χ3n) is 5.30. The summed E-state index contributed by atoms with van der Waals surface area (Å²) in [5, 5.41) is 3.02. The molecule has 1 N–H and O–H groups in total. The van der Waals surface area contributed by atoms with E-state index < -0.39 is 0 Å². The number of nitrogens with one attached hydrogen (secondary N) is 1. The van der Waals surface area contributed by atoms with Gasteiger partial charge < -0.3 is 15.1 Å². The molecule has 1 aromatic heterocycles. The van der Waals surface area contributed by atoms with Crippen molar-refractivity contribution < 1.29 is 4.79 Å². The van der Waals surface area contributed by atoms with Crippen LogP contribution in [-0.4, -0.2) is 42.1 Å². The van der Waals surface area contributed by atoms with Crippen LogP contribution in [0.3, 0.4) is 0 Å². The molecular formula is C24H26N4O. The minimum Gasteiger partial charge on any atom is -0.368 e. The minimum atomic E-state index is -0.0317. The van der Waals surface area contributed by atoms with Crippen LogP contribution in [0.25, 0.3) is 0 Å². The third-order valence-corrected chi connectivity index (χ3v) is 5.30. The van der Waals surface area contributed by atoms with Gasteiger partial charge in [0.2, 0.25) is 0 Å². The molecule has 0 atom stereocenters. The molecule has 5 heteroatoms. The van der Waals surface area contributed by atoms with E-state index in [4.69, 9.17) is 0 Å². The van der Waals surface area contributed by atoms with Crippen LogP contribution in [0, 0.1) is 6.92 Å². The molecule has 0 radical (unpaired) electrons. The fraction of sp³-hybridized carbons (Fsp3) is 0.250. The molecule has 0 bridgehead atoms. The molecule has 2 amide bonds. The van der Waals surface area contributed by atoms with Crippen molar-refractivity contribution in [3.05, 3.63) is 89.7 Å². The summed E-state index contributed by atoms with van der Waals surface area (Å²) in [6.07, 6.45) is 4.48. The highest BCUT2D eigenvalue weighted by atomic mass is 16.2. The lowest BCUT2D eigenvalue weighted by atomic mass is 10.1. The van der Waals surface area contributed by atoms with Crippen LogP contribution >= 0.6 is 0 Å². The number of hydrogen-bond acceptors (Lipinski definition) is 3. The van der Waals surface area contributed by atoms with Crippen molar-refractivity contribution >= 4 is 17.4 Å². The van der Waals surface area contributed by atoms with E-state index in [2.05, 4.69) is 58.5 Å². The molecule has 0 aliphatic carbocycles. The number of anilines is 2. The molecule has 1 aliphatic heterocycles. The van der Waals surface area contributed by atoms with Crippen LogP contribution in [0.4, 0.5) is 16.2 Å². The number of aryl methyl sites for hydroxylation is 1. The van der Waals surface area contributed by atoms with Crippen LogP contribution in [0.2, 0.25) is 0 Å². The Bertz CT molecular complexity index is 948. The number of hydrogen-bond donors (Lipinski definition) is 1. The maximum Gasteiger partial charge on any atom is 0.321 e. The molecule has 5 nitrogen and oxygen atoms in total. The number of nitrogens with zero attached hydrogens (tertiary/aromatic N) is 3. The van der Waals surface area contributed by atoms with Gasteiger partial charge in [0.15, 0.2) is 0 Å².